The average molecular weight is 335 g/mol. The van der Waals surface area contributed by atoms with Crippen molar-refractivity contribution in [1.82, 2.24) is 5.32 Å². The van der Waals surface area contributed by atoms with Gasteiger partial charge in [-0.05, 0) is 55.3 Å². The molecular weight excluding hydrogens is 315 g/mol. The van der Waals surface area contributed by atoms with Crippen LogP contribution in [0.4, 0.5) is 10.1 Å². The summed E-state index contributed by atoms with van der Waals surface area (Å²) in [6.07, 6.45) is 0.772. The van der Waals surface area contributed by atoms with Gasteiger partial charge in [-0.3, -0.25) is 4.79 Å². The molecule has 0 heterocycles. The number of hydrogen-bond acceptors (Lipinski definition) is 2. The molecule has 0 aliphatic carbocycles. The maximum absolute atomic E-state index is 13.1. The van der Waals surface area contributed by atoms with Crippen LogP contribution < -0.4 is 10.6 Å². The largest absolute Gasteiger partial charge is 0.326 e. The number of benzene rings is 2. The summed E-state index contributed by atoms with van der Waals surface area (Å²) in [7, 11) is 0. The van der Waals surface area contributed by atoms with Crippen LogP contribution in [0.5, 0.6) is 0 Å². The SMILES string of the molecule is CC(=O)Nc1ccc(C(C)NCCc2ccc(F)c(Cl)c2)cc1. The Bertz CT molecular complexity index is 673. The summed E-state index contributed by atoms with van der Waals surface area (Å²) in [6.45, 7) is 4.32. The van der Waals surface area contributed by atoms with E-state index in [1.165, 1.54) is 13.0 Å². The maximum atomic E-state index is 13.1. The molecule has 2 aromatic carbocycles. The Morgan fingerprint density at radius 2 is 1.91 bits per heavy atom. The van der Waals surface area contributed by atoms with E-state index in [1.807, 2.05) is 24.3 Å². The van der Waals surface area contributed by atoms with Crippen molar-refractivity contribution >= 4 is 23.2 Å². The van der Waals surface area contributed by atoms with Gasteiger partial charge >= 0.3 is 0 Å². The first-order chi connectivity index (χ1) is 11.0. The monoisotopic (exact) mass is 334 g/mol. The second kappa shape index (κ2) is 8.09. The zero-order chi connectivity index (χ0) is 16.8. The highest BCUT2D eigenvalue weighted by Crippen LogP contribution is 2.18. The smallest absolute Gasteiger partial charge is 0.221 e. The predicted octanol–water partition coefficient (Wildman–Crippen LogP) is 4.33. The Morgan fingerprint density at radius 3 is 2.52 bits per heavy atom. The molecule has 0 aromatic heterocycles. The minimum atomic E-state index is -0.393. The number of carbonyl (C=O) groups is 1. The van der Waals surface area contributed by atoms with Gasteiger partial charge in [0.05, 0.1) is 5.02 Å². The van der Waals surface area contributed by atoms with Gasteiger partial charge in [0.2, 0.25) is 5.91 Å². The number of amides is 1. The molecule has 3 nitrogen and oxygen atoms in total. The first-order valence-electron chi connectivity index (χ1n) is 7.50. The first-order valence-corrected chi connectivity index (χ1v) is 7.88. The quantitative estimate of drug-likeness (QED) is 0.825. The summed E-state index contributed by atoms with van der Waals surface area (Å²) in [5.74, 6) is -0.474. The van der Waals surface area contributed by atoms with Gasteiger partial charge in [0.1, 0.15) is 5.82 Å². The highest BCUT2D eigenvalue weighted by molar-refractivity contribution is 6.30. The maximum Gasteiger partial charge on any atom is 0.221 e. The van der Waals surface area contributed by atoms with E-state index >= 15 is 0 Å². The van der Waals surface area contributed by atoms with Crippen LogP contribution in [0.3, 0.4) is 0 Å². The van der Waals surface area contributed by atoms with Gasteiger partial charge in [-0.2, -0.15) is 0 Å². The lowest BCUT2D eigenvalue weighted by atomic mass is 10.1. The lowest BCUT2D eigenvalue weighted by Gasteiger charge is -2.15. The fraction of sp³-hybridized carbons (Fsp3) is 0.278. The molecule has 0 aliphatic heterocycles. The van der Waals surface area contributed by atoms with Crippen LogP contribution >= 0.6 is 11.6 Å². The molecule has 1 atom stereocenters. The number of hydrogen-bond donors (Lipinski definition) is 2. The molecule has 1 amide bonds. The van der Waals surface area contributed by atoms with Crippen molar-refractivity contribution in [2.75, 3.05) is 11.9 Å². The van der Waals surface area contributed by atoms with Crippen molar-refractivity contribution in [3.05, 3.63) is 64.4 Å². The standard InChI is InChI=1S/C18H20ClFN2O/c1-12(15-4-6-16(7-5-15)22-13(2)23)21-10-9-14-3-8-18(20)17(19)11-14/h3-8,11-12,21H,9-10H2,1-2H3,(H,22,23). The highest BCUT2D eigenvalue weighted by Gasteiger charge is 2.06. The predicted molar refractivity (Wildman–Crippen MR) is 92.3 cm³/mol. The fourth-order valence-electron chi connectivity index (χ4n) is 2.30. The Kier molecular flexibility index (Phi) is 6.13. The van der Waals surface area contributed by atoms with Crippen LogP contribution in [0, 0.1) is 5.82 Å². The van der Waals surface area contributed by atoms with E-state index in [0.717, 1.165) is 29.8 Å². The lowest BCUT2D eigenvalue weighted by Crippen LogP contribution is -2.21. The molecular formula is C18H20ClFN2O. The van der Waals surface area contributed by atoms with E-state index < -0.39 is 5.82 Å². The van der Waals surface area contributed by atoms with E-state index in [2.05, 4.69) is 17.6 Å². The Labute approximate surface area is 140 Å². The van der Waals surface area contributed by atoms with Crippen LogP contribution in [-0.2, 0) is 11.2 Å². The van der Waals surface area contributed by atoms with Gasteiger partial charge in [-0.25, -0.2) is 4.39 Å². The molecule has 5 heteroatoms. The topological polar surface area (TPSA) is 41.1 Å². The van der Waals surface area contributed by atoms with Gasteiger partial charge < -0.3 is 10.6 Å². The molecule has 23 heavy (non-hydrogen) atoms. The second-order valence-electron chi connectivity index (χ2n) is 5.48. The molecule has 122 valence electrons. The zero-order valence-electron chi connectivity index (χ0n) is 13.2. The van der Waals surface area contributed by atoms with Crippen molar-refractivity contribution in [3.63, 3.8) is 0 Å². The minimum Gasteiger partial charge on any atom is -0.326 e. The third-order valence-electron chi connectivity index (χ3n) is 3.58. The van der Waals surface area contributed by atoms with Crippen molar-refractivity contribution in [2.45, 2.75) is 26.3 Å². The summed E-state index contributed by atoms with van der Waals surface area (Å²) in [6, 6.07) is 12.7. The van der Waals surface area contributed by atoms with E-state index in [0.29, 0.717) is 0 Å². The Balaban J connectivity index is 1.85. The number of anilines is 1. The second-order valence-corrected chi connectivity index (χ2v) is 5.88. The van der Waals surface area contributed by atoms with Crippen LogP contribution in [-0.4, -0.2) is 12.5 Å². The van der Waals surface area contributed by atoms with E-state index in [1.54, 1.807) is 12.1 Å². The summed E-state index contributed by atoms with van der Waals surface area (Å²) < 4.78 is 13.1. The first kappa shape index (κ1) is 17.4. The van der Waals surface area contributed by atoms with Crippen molar-refractivity contribution < 1.29 is 9.18 Å². The fourth-order valence-corrected chi connectivity index (χ4v) is 2.51. The van der Waals surface area contributed by atoms with Crippen LogP contribution in [0.25, 0.3) is 0 Å². The molecule has 0 aliphatic rings. The number of carbonyl (C=O) groups excluding carboxylic acids is 1. The van der Waals surface area contributed by atoms with Crippen LogP contribution in [0.1, 0.15) is 31.0 Å². The highest BCUT2D eigenvalue weighted by atomic mass is 35.5. The Morgan fingerprint density at radius 1 is 1.22 bits per heavy atom. The summed E-state index contributed by atoms with van der Waals surface area (Å²) in [5.41, 5.74) is 2.92. The molecule has 0 radical (unpaired) electrons. The summed E-state index contributed by atoms with van der Waals surface area (Å²) in [5, 5.41) is 6.32. The average Bonchev–Trinajstić information content (AvgIpc) is 2.51. The zero-order valence-corrected chi connectivity index (χ0v) is 14.0. The molecule has 2 N–H and O–H groups in total. The molecule has 2 rings (SSSR count). The lowest BCUT2D eigenvalue weighted by molar-refractivity contribution is -0.114. The third-order valence-corrected chi connectivity index (χ3v) is 3.87. The molecule has 1 unspecified atom stereocenters. The van der Waals surface area contributed by atoms with Gasteiger partial charge in [0.25, 0.3) is 0 Å². The van der Waals surface area contributed by atoms with Gasteiger partial charge in [0, 0.05) is 18.7 Å². The summed E-state index contributed by atoms with van der Waals surface area (Å²) >= 11 is 5.78. The molecule has 2 aromatic rings. The molecule has 0 saturated carbocycles. The number of rotatable bonds is 6. The van der Waals surface area contributed by atoms with E-state index in [9.17, 15) is 9.18 Å². The normalized spacial score (nSPS) is 12.0. The van der Waals surface area contributed by atoms with E-state index in [4.69, 9.17) is 11.6 Å². The Hall–Kier alpha value is -1.91. The minimum absolute atomic E-state index is 0.0816. The van der Waals surface area contributed by atoms with Crippen molar-refractivity contribution in [3.8, 4) is 0 Å². The van der Waals surface area contributed by atoms with Gasteiger partial charge in [-0.15, -0.1) is 0 Å². The van der Waals surface area contributed by atoms with Crippen molar-refractivity contribution in [1.29, 1.82) is 0 Å². The van der Waals surface area contributed by atoms with Gasteiger partial charge in [-0.1, -0.05) is 29.8 Å². The number of nitrogens with one attached hydrogen (secondary N) is 2. The molecule has 0 spiro atoms. The van der Waals surface area contributed by atoms with Crippen LogP contribution in [0.15, 0.2) is 42.5 Å². The number of halogens is 2. The van der Waals surface area contributed by atoms with Crippen LogP contribution in [0.2, 0.25) is 5.02 Å². The molecule has 0 saturated heterocycles. The molecule has 0 fully saturated rings. The summed E-state index contributed by atoms with van der Waals surface area (Å²) in [4.78, 5) is 11.0. The van der Waals surface area contributed by atoms with Crippen molar-refractivity contribution in [2.24, 2.45) is 0 Å². The third kappa shape index (κ3) is 5.34. The van der Waals surface area contributed by atoms with E-state index in [-0.39, 0.29) is 17.0 Å². The molecule has 0 bridgehead atoms. The van der Waals surface area contributed by atoms with Gasteiger partial charge in [0.15, 0.2) is 0 Å².